The molecule has 3 fully saturated rings. The summed E-state index contributed by atoms with van der Waals surface area (Å²) in [4.78, 5) is 20.9. The van der Waals surface area contributed by atoms with Crippen molar-refractivity contribution >= 4 is 11.6 Å². The Morgan fingerprint density at radius 2 is 2.04 bits per heavy atom. The van der Waals surface area contributed by atoms with Gasteiger partial charge in [0.25, 0.3) is 0 Å². The van der Waals surface area contributed by atoms with E-state index >= 15 is 0 Å². The zero-order valence-electron chi connectivity index (χ0n) is 14.1. The number of carbonyl (C=O) groups is 1. The lowest BCUT2D eigenvalue weighted by Gasteiger charge is -2.43. The minimum atomic E-state index is -0.400. The minimum absolute atomic E-state index is 0.0102. The number of amides is 1. The lowest BCUT2D eigenvalue weighted by Crippen LogP contribution is -2.68. The molecule has 1 aromatic rings. The fraction of sp³-hybridized carbons (Fsp3) is 0.647. The average Bonchev–Trinajstić information content (AvgIpc) is 2.92. The van der Waals surface area contributed by atoms with Gasteiger partial charge in [-0.25, -0.2) is 0 Å². The van der Waals surface area contributed by atoms with E-state index in [0.717, 1.165) is 39.0 Å². The number of methoxy groups -OCH3 is 1. The summed E-state index contributed by atoms with van der Waals surface area (Å²) in [5.41, 5.74) is 0.812. The number of piperidine rings is 1. The highest BCUT2D eigenvalue weighted by atomic mass is 16.5. The van der Waals surface area contributed by atoms with Crippen LogP contribution in [-0.4, -0.2) is 73.4 Å². The van der Waals surface area contributed by atoms with Crippen LogP contribution in [0.3, 0.4) is 0 Å². The van der Waals surface area contributed by atoms with Gasteiger partial charge in [0, 0.05) is 56.9 Å². The first-order valence-electron chi connectivity index (χ1n) is 8.61. The van der Waals surface area contributed by atoms with Crippen molar-refractivity contribution in [2.75, 3.05) is 51.3 Å². The van der Waals surface area contributed by atoms with Gasteiger partial charge in [0.1, 0.15) is 5.66 Å². The number of nitrogens with one attached hydrogen (secondary N) is 2. The largest absolute Gasteiger partial charge is 0.381 e. The molecule has 4 rings (SSSR count). The van der Waals surface area contributed by atoms with E-state index in [1.807, 2.05) is 17.3 Å². The molecular weight excluding hydrogens is 306 g/mol. The zero-order valence-corrected chi connectivity index (χ0v) is 14.1. The van der Waals surface area contributed by atoms with Crippen molar-refractivity contribution in [1.29, 1.82) is 0 Å². The number of fused-ring (bicyclic) bond motifs is 1. The van der Waals surface area contributed by atoms with Crippen molar-refractivity contribution in [3.8, 4) is 0 Å². The second-order valence-electron chi connectivity index (χ2n) is 7.15. The molecule has 7 heteroatoms. The molecule has 1 unspecified atom stereocenters. The molecule has 0 radical (unpaired) electrons. The third-order valence-corrected chi connectivity index (χ3v) is 5.60. The Hall–Kier alpha value is -1.70. The number of carbonyl (C=O) groups excluding carboxylic acids is 1. The van der Waals surface area contributed by atoms with E-state index in [2.05, 4.69) is 32.7 Å². The Bertz CT molecular complexity index is 598. The highest BCUT2D eigenvalue weighted by Gasteiger charge is 2.56. The van der Waals surface area contributed by atoms with Gasteiger partial charge in [-0.05, 0) is 25.0 Å². The zero-order chi connectivity index (χ0) is 16.6. The summed E-state index contributed by atoms with van der Waals surface area (Å²) in [5, 5.41) is 7.04. The average molecular weight is 331 g/mol. The molecule has 1 aromatic heterocycles. The molecule has 4 heterocycles. The van der Waals surface area contributed by atoms with Crippen LogP contribution in [0.4, 0.5) is 5.69 Å². The second kappa shape index (κ2) is 5.98. The van der Waals surface area contributed by atoms with Gasteiger partial charge in [0.2, 0.25) is 5.91 Å². The van der Waals surface area contributed by atoms with E-state index in [9.17, 15) is 4.79 Å². The molecule has 0 aliphatic carbocycles. The first kappa shape index (κ1) is 15.8. The molecule has 0 saturated carbocycles. The number of anilines is 1. The van der Waals surface area contributed by atoms with Crippen molar-refractivity contribution in [3.63, 3.8) is 0 Å². The predicted octanol–water partition coefficient (Wildman–Crippen LogP) is -0.202. The Morgan fingerprint density at radius 3 is 2.75 bits per heavy atom. The van der Waals surface area contributed by atoms with Gasteiger partial charge in [-0.2, -0.15) is 0 Å². The molecule has 3 aliphatic heterocycles. The molecule has 1 atom stereocenters. The van der Waals surface area contributed by atoms with E-state index < -0.39 is 5.66 Å². The number of hydrogen-bond acceptors (Lipinski definition) is 6. The molecule has 130 valence electrons. The topological polar surface area (TPSA) is 69.7 Å². The van der Waals surface area contributed by atoms with Crippen molar-refractivity contribution in [2.24, 2.45) is 0 Å². The first-order valence-corrected chi connectivity index (χ1v) is 8.61. The van der Waals surface area contributed by atoms with Crippen LogP contribution in [0.1, 0.15) is 12.8 Å². The van der Waals surface area contributed by atoms with E-state index in [1.165, 1.54) is 5.69 Å². The fourth-order valence-electron chi connectivity index (χ4n) is 4.43. The monoisotopic (exact) mass is 331 g/mol. The lowest BCUT2D eigenvalue weighted by molar-refractivity contribution is -0.140. The van der Waals surface area contributed by atoms with Crippen LogP contribution in [0.2, 0.25) is 0 Å². The van der Waals surface area contributed by atoms with Crippen LogP contribution in [-0.2, 0) is 9.53 Å². The number of pyridine rings is 1. The molecule has 0 aromatic carbocycles. The molecule has 2 N–H and O–H groups in total. The van der Waals surface area contributed by atoms with E-state index in [4.69, 9.17) is 4.74 Å². The second-order valence-corrected chi connectivity index (χ2v) is 7.15. The molecule has 0 bridgehead atoms. The normalized spacial score (nSPS) is 29.1. The van der Waals surface area contributed by atoms with E-state index in [1.54, 1.807) is 7.11 Å². The molecule has 1 amide bonds. The van der Waals surface area contributed by atoms with Crippen molar-refractivity contribution in [1.82, 2.24) is 20.5 Å². The van der Waals surface area contributed by atoms with Gasteiger partial charge < -0.3 is 19.9 Å². The fourth-order valence-corrected chi connectivity index (χ4v) is 4.43. The molecule has 1 spiro atoms. The third-order valence-electron chi connectivity index (χ3n) is 5.60. The number of hydrogen-bond donors (Lipinski definition) is 2. The Morgan fingerprint density at radius 1 is 1.29 bits per heavy atom. The minimum Gasteiger partial charge on any atom is -0.381 e. The Labute approximate surface area is 142 Å². The first-order chi connectivity index (χ1) is 11.7. The number of aromatic nitrogens is 1. The maximum atomic E-state index is 12.4. The molecule has 3 saturated heterocycles. The van der Waals surface area contributed by atoms with Gasteiger partial charge in [0.05, 0.1) is 13.2 Å². The number of nitrogens with zero attached hydrogens (tertiary/aromatic N) is 3. The van der Waals surface area contributed by atoms with Crippen LogP contribution in [0.5, 0.6) is 0 Å². The summed E-state index contributed by atoms with van der Waals surface area (Å²) in [6, 6.07) is 4.12. The van der Waals surface area contributed by atoms with E-state index in [-0.39, 0.29) is 11.4 Å². The standard InChI is InChI=1S/C17H25N5O2/c1-24-13-17-11-19-10-15(23)22(17)12-16(20-17)4-8-21(9-5-16)14-2-6-18-7-3-14/h2-3,6-7,19-20H,4-5,8-13H2,1H3. The quantitative estimate of drug-likeness (QED) is 0.799. The van der Waals surface area contributed by atoms with Crippen LogP contribution in [0.25, 0.3) is 0 Å². The molecule has 3 aliphatic rings. The van der Waals surface area contributed by atoms with Gasteiger partial charge in [-0.15, -0.1) is 0 Å². The number of piperazine rings is 1. The van der Waals surface area contributed by atoms with Crippen LogP contribution >= 0.6 is 0 Å². The maximum absolute atomic E-state index is 12.4. The van der Waals surface area contributed by atoms with Gasteiger partial charge in [0.15, 0.2) is 0 Å². The third kappa shape index (κ3) is 2.56. The predicted molar refractivity (Wildman–Crippen MR) is 90.7 cm³/mol. The maximum Gasteiger partial charge on any atom is 0.238 e. The summed E-state index contributed by atoms with van der Waals surface area (Å²) >= 11 is 0. The van der Waals surface area contributed by atoms with Crippen molar-refractivity contribution < 1.29 is 9.53 Å². The van der Waals surface area contributed by atoms with Crippen LogP contribution in [0.15, 0.2) is 24.5 Å². The number of ether oxygens (including phenoxy) is 1. The van der Waals surface area contributed by atoms with Gasteiger partial charge in [-0.3, -0.25) is 15.1 Å². The smallest absolute Gasteiger partial charge is 0.238 e. The molecular formula is C17H25N5O2. The van der Waals surface area contributed by atoms with E-state index in [0.29, 0.717) is 13.2 Å². The highest BCUT2D eigenvalue weighted by molar-refractivity contribution is 5.80. The SMILES string of the molecule is COCC12CNCC(=O)N1CC1(CCN(c3ccncc3)CC1)N2. The van der Waals surface area contributed by atoms with Crippen molar-refractivity contribution in [2.45, 2.75) is 24.0 Å². The lowest BCUT2D eigenvalue weighted by atomic mass is 9.88. The number of rotatable bonds is 3. The summed E-state index contributed by atoms with van der Waals surface area (Å²) < 4.78 is 5.44. The highest BCUT2D eigenvalue weighted by Crippen LogP contribution is 2.36. The molecule has 24 heavy (non-hydrogen) atoms. The van der Waals surface area contributed by atoms with Gasteiger partial charge >= 0.3 is 0 Å². The van der Waals surface area contributed by atoms with Crippen molar-refractivity contribution in [3.05, 3.63) is 24.5 Å². The summed E-state index contributed by atoms with van der Waals surface area (Å²) in [6.07, 6.45) is 5.71. The summed E-state index contributed by atoms with van der Waals surface area (Å²) in [5.74, 6) is 0.166. The Kier molecular flexibility index (Phi) is 3.94. The van der Waals surface area contributed by atoms with Crippen LogP contribution < -0.4 is 15.5 Å². The van der Waals surface area contributed by atoms with Gasteiger partial charge in [-0.1, -0.05) is 0 Å². The summed E-state index contributed by atoms with van der Waals surface area (Å²) in [7, 11) is 1.70. The molecule has 7 nitrogen and oxygen atoms in total. The van der Waals surface area contributed by atoms with Crippen LogP contribution in [0, 0.1) is 0 Å². The Balaban J connectivity index is 1.50. The summed E-state index contributed by atoms with van der Waals surface area (Å²) in [6.45, 7) is 4.42.